The summed E-state index contributed by atoms with van der Waals surface area (Å²) in [7, 11) is 1.49. The summed E-state index contributed by atoms with van der Waals surface area (Å²) in [6, 6.07) is 21.3. The number of halogens is 1. The summed E-state index contributed by atoms with van der Waals surface area (Å²) in [6.45, 7) is -0.178. The first kappa shape index (κ1) is 23.1. The average Bonchev–Trinajstić information content (AvgIpc) is 3.27. The highest BCUT2D eigenvalue weighted by Gasteiger charge is 2.12. The Labute approximate surface area is 203 Å². The van der Waals surface area contributed by atoms with Crippen LogP contribution >= 0.6 is 15.9 Å². The molecular weight excluding hydrogens is 502 g/mol. The number of hydrazone groups is 1. The van der Waals surface area contributed by atoms with Crippen molar-refractivity contribution in [2.75, 3.05) is 19.0 Å². The van der Waals surface area contributed by atoms with Crippen molar-refractivity contribution in [2.24, 2.45) is 5.10 Å². The van der Waals surface area contributed by atoms with Gasteiger partial charge in [0.15, 0.2) is 23.9 Å². The minimum absolute atomic E-state index is 0.153. The largest absolute Gasteiger partial charge is 0.493 e. The van der Waals surface area contributed by atoms with Crippen LogP contribution in [0.1, 0.15) is 16.1 Å². The first-order valence-electron chi connectivity index (χ1n) is 10.2. The molecule has 0 spiro atoms. The molecule has 0 fully saturated rings. The fourth-order valence-electron chi connectivity index (χ4n) is 3.09. The van der Waals surface area contributed by atoms with E-state index in [0.717, 1.165) is 9.86 Å². The molecule has 34 heavy (non-hydrogen) atoms. The molecule has 2 N–H and O–H groups in total. The first-order chi connectivity index (χ1) is 16.5. The van der Waals surface area contributed by atoms with Gasteiger partial charge in [-0.15, -0.1) is 0 Å². The molecule has 9 heteroatoms. The van der Waals surface area contributed by atoms with Gasteiger partial charge >= 0.3 is 5.91 Å². The number of fused-ring (bicyclic) bond motifs is 1. The van der Waals surface area contributed by atoms with Crippen LogP contribution in [-0.4, -0.2) is 31.7 Å². The quantitative estimate of drug-likeness (QED) is 0.251. The SMILES string of the molecule is COc1cc(/C=N/NC(=O)c2cc3cc(Br)ccc3o2)ccc1OCC(=O)Nc1ccccc1. The zero-order valence-electron chi connectivity index (χ0n) is 18.1. The van der Waals surface area contributed by atoms with E-state index in [-0.39, 0.29) is 18.3 Å². The highest BCUT2D eigenvalue weighted by molar-refractivity contribution is 9.10. The number of hydrogen-bond donors (Lipinski definition) is 2. The van der Waals surface area contributed by atoms with Crippen LogP contribution in [0.3, 0.4) is 0 Å². The molecule has 0 unspecified atom stereocenters. The number of rotatable bonds is 8. The van der Waals surface area contributed by atoms with E-state index in [2.05, 4.69) is 31.8 Å². The van der Waals surface area contributed by atoms with Gasteiger partial charge in [-0.3, -0.25) is 9.59 Å². The molecule has 4 rings (SSSR count). The molecule has 8 nitrogen and oxygen atoms in total. The van der Waals surface area contributed by atoms with Crippen LogP contribution in [0, 0.1) is 0 Å². The lowest BCUT2D eigenvalue weighted by Crippen LogP contribution is -2.20. The van der Waals surface area contributed by atoms with Crippen molar-refractivity contribution < 1.29 is 23.5 Å². The minimum atomic E-state index is -0.472. The normalized spacial score (nSPS) is 10.9. The standard InChI is InChI=1S/C25H20BrN3O5/c1-32-22-11-16(7-9-21(22)33-15-24(30)28-19-5-3-2-4-6-19)14-27-29-25(31)23-13-17-12-18(26)8-10-20(17)34-23/h2-14H,15H2,1H3,(H,28,30)(H,29,31)/b27-14+. The summed E-state index contributed by atoms with van der Waals surface area (Å²) >= 11 is 3.39. The number of nitrogens with one attached hydrogen (secondary N) is 2. The van der Waals surface area contributed by atoms with Crippen LogP contribution in [-0.2, 0) is 4.79 Å². The van der Waals surface area contributed by atoms with E-state index < -0.39 is 5.91 Å². The van der Waals surface area contributed by atoms with E-state index in [9.17, 15) is 9.59 Å². The van der Waals surface area contributed by atoms with E-state index >= 15 is 0 Å². The smallest absolute Gasteiger partial charge is 0.307 e. The Hall–Kier alpha value is -4.11. The van der Waals surface area contributed by atoms with Gasteiger partial charge in [-0.05, 0) is 60.2 Å². The fraction of sp³-hybridized carbons (Fsp3) is 0.0800. The van der Waals surface area contributed by atoms with Gasteiger partial charge in [0, 0.05) is 15.5 Å². The van der Waals surface area contributed by atoms with Crippen molar-refractivity contribution in [3.63, 3.8) is 0 Å². The number of methoxy groups -OCH3 is 1. The molecule has 0 saturated heterocycles. The van der Waals surface area contributed by atoms with E-state index in [4.69, 9.17) is 13.9 Å². The van der Waals surface area contributed by atoms with Crippen molar-refractivity contribution in [3.05, 3.63) is 88.6 Å². The molecule has 2 amide bonds. The van der Waals surface area contributed by atoms with Crippen molar-refractivity contribution >= 4 is 50.6 Å². The van der Waals surface area contributed by atoms with Crippen LogP contribution in [0.2, 0.25) is 0 Å². The van der Waals surface area contributed by atoms with Crippen molar-refractivity contribution in [1.29, 1.82) is 0 Å². The average molecular weight is 522 g/mol. The molecular formula is C25H20BrN3O5. The number of para-hydroxylation sites is 1. The molecule has 0 aliphatic rings. The van der Waals surface area contributed by atoms with Crippen LogP contribution < -0.4 is 20.2 Å². The molecule has 0 radical (unpaired) electrons. The molecule has 0 saturated carbocycles. The number of carbonyl (C=O) groups excluding carboxylic acids is 2. The van der Waals surface area contributed by atoms with Gasteiger partial charge in [-0.25, -0.2) is 5.43 Å². The summed E-state index contributed by atoms with van der Waals surface area (Å²) in [6.07, 6.45) is 1.46. The van der Waals surface area contributed by atoms with Crippen molar-refractivity contribution in [3.8, 4) is 11.5 Å². The van der Waals surface area contributed by atoms with E-state index in [1.165, 1.54) is 13.3 Å². The summed E-state index contributed by atoms with van der Waals surface area (Å²) < 4.78 is 17.4. The fourth-order valence-corrected chi connectivity index (χ4v) is 3.47. The highest BCUT2D eigenvalue weighted by Crippen LogP contribution is 2.27. The minimum Gasteiger partial charge on any atom is -0.493 e. The summed E-state index contributed by atoms with van der Waals surface area (Å²) in [5.41, 5.74) is 4.39. The number of carbonyl (C=O) groups is 2. The predicted octanol–water partition coefficient (Wildman–Crippen LogP) is 4.99. The second-order valence-electron chi connectivity index (χ2n) is 7.11. The van der Waals surface area contributed by atoms with Crippen LogP contribution in [0.15, 0.2) is 86.8 Å². The van der Waals surface area contributed by atoms with E-state index in [0.29, 0.717) is 28.3 Å². The number of furan rings is 1. The van der Waals surface area contributed by atoms with Gasteiger partial charge in [0.1, 0.15) is 5.58 Å². The summed E-state index contributed by atoms with van der Waals surface area (Å²) in [4.78, 5) is 24.4. The lowest BCUT2D eigenvalue weighted by molar-refractivity contribution is -0.118. The molecule has 172 valence electrons. The van der Waals surface area contributed by atoms with Crippen LogP contribution in [0.4, 0.5) is 5.69 Å². The molecule has 0 bridgehead atoms. The van der Waals surface area contributed by atoms with Gasteiger partial charge in [-0.2, -0.15) is 5.10 Å². The first-order valence-corrected chi connectivity index (χ1v) is 11.0. The maximum Gasteiger partial charge on any atom is 0.307 e. The lowest BCUT2D eigenvalue weighted by atomic mass is 10.2. The molecule has 0 aliphatic heterocycles. The number of anilines is 1. The Kier molecular flexibility index (Phi) is 7.24. The Morgan fingerprint density at radius 2 is 1.85 bits per heavy atom. The molecule has 0 aliphatic carbocycles. The zero-order chi connectivity index (χ0) is 23.9. The summed E-state index contributed by atoms with van der Waals surface area (Å²) in [5.74, 6) is 0.214. The molecule has 0 atom stereocenters. The molecule has 3 aromatic carbocycles. The Morgan fingerprint density at radius 3 is 2.65 bits per heavy atom. The Bertz CT molecular complexity index is 1350. The van der Waals surface area contributed by atoms with Gasteiger partial charge in [0.05, 0.1) is 13.3 Å². The third-order valence-corrected chi connectivity index (χ3v) is 5.18. The number of ether oxygens (including phenoxy) is 2. The van der Waals surface area contributed by atoms with Gasteiger partial charge in [0.25, 0.3) is 5.91 Å². The number of nitrogens with zero attached hydrogens (tertiary/aromatic N) is 1. The van der Waals surface area contributed by atoms with E-state index in [1.54, 1.807) is 42.5 Å². The molecule has 1 heterocycles. The summed E-state index contributed by atoms with van der Waals surface area (Å²) in [5, 5.41) is 7.53. The van der Waals surface area contributed by atoms with Gasteiger partial charge in [0.2, 0.25) is 0 Å². The second-order valence-corrected chi connectivity index (χ2v) is 8.02. The lowest BCUT2D eigenvalue weighted by Gasteiger charge is -2.11. The second kappa shape index (κ2) is 10.7. The topological polar surface area (TPSA) is 102 Å². The third kappa shape index (κ3) is 5.81. The Morgan fingerprint density at radius 1 is 1.03 bits per heavy atom. The van der Waals surface area contributed by atoms with Crippen molar-refractivity contribution in [1.82, 2.24) is 5.43 Å². The van der Waals surface area contributed by atoms with Crippen molar-refractivity contribution in [2.45, 2.75) is 0 Å². The van der Waals surface area contributed by atoms with Crippen LogP contribution in [0.5, 0.6) is 11.5 Å². The highest BCUT2D eigenvalue weighted by atomic mass is 79.9. The molecule has 1 aromatic heterocycles. The Balaban J connectivity index is 1.34. The molecule has 4 aromatic rings. The van der Waals surface area contributed by atoms with E-state index in [1.807, 2.05) is 30.3 Å². The number of hydrogen-bond acceptors (Lipinski definition) is 6. The third-order valence-electron chi connectivity index (χ3n) is 4.69. The van der Waals surface area contributed by atoms with Gasteiger partial charge < -0.3 is 19.2 Å². The maximum absolute atomic E-state index is 12.3. The zero-order valence-corrected chi connectivity index (χ0v) is 19.7. The van der Waals surface area contributed by atoms with Gasteiger partial charge in [-0.1, -0.05) is 34.1 Å². The maximum atomic E-state index is 12.3. The predicted molar refractivity (Wildman–Crippen MR) is 133 cm³/mol. The van der Waals surface area contributed by atoms with Crippen LogP contribution in [0.25, 0.3) is 11.0 Å². The number of amides is 2. The monoisotopic (exact) mass is 521 g/mol. The number of benzene rings is 3.